The second-order valence-electron chi connectivity index (χ2n) is 8.21. The first kappa shape index (κ1) is 23.1. The Labute approximate surface area is 206 Å². The number of fused-ring (bicyclic) bond motifs is 2. The van der Waals surface area contributed by atoms with Gasteiger partial charge in [0.25, 0.3) is 15.9 Å². The fourth-order valence-corrected chi connectivity index (χ4v) is 6.60. The Morgan fingerprint density at radius 1 is 1.11 bits per heavy atom. The number of nitrogens with zero attached hydrogens (tertiary/aromatic N) is 2. The van der Waals surface area contributed by atoms with Gasteiger partial charge in [-0.1, -0.05) is 35.6 Å². The maximum Gasteiger partial charge on any atom is 0.308 e. The van der Waals surface area contributed by atoms with Crippen molar-refractivity contribution in [2.45, 2.75) is 31.4 Å². The summed E-state index contributed by atoms with van der Waals surface area (Å²) in [6.07, 6.45) is -1.07. The highest BCUT2D eigenvalue weighted by Crippen LogP contribution is 2.38. The number of anilines is 2. The second kappa shape index (κ2) is 8.86. The molecule has 0 bridgehead atoms. The Kier molecular flexibility index (Phi) is 5.86. The van der Waals surface area contributed by atoms with Gasteiger partial charge in [0.2, 0.25) is 0 Å². The summed E-state index contributed by atoms with van der Waals surface area (Å²) in [4.78, 5) is 25.4. The van der Waals surface area contributed by atoms with Gasteiger partial charge in [-0.15, -0.1) is 0 Å². The van der Waals surface area contributed by atoms with Crippen molar-refractivity contribution in [1.29, 1.82) is 0 Å². The fraction of sp³-hybridized carbons (Fsp3) is 0.200. The number of aryl methyl sites for hydroxylation is 2. The number of hydrogen-bond donors (Lipinski definition) is 1. The van der Waals surface area contributed by atoms with E-state index >= 15 is 0 Å². The molecule has 3 aromatic carbocycles. The summed E-state index contributed by atoms with van der Waals surface area (Å²) < 4.78 is 36.6. The Balaban J connectivity index is 1.47. The summed E-state index contributed by atoms with van der Waals surface area (Å²) in [6, 6.07) is 18.6. The number of benzene rings is 3. The van der Waals surface area contributed by atoms with Crippen LogP contribution in [0, 0.1) is 6.92 Å². The molecule has 8 nitrogen and oxygen atoms in total. The van der Waals surface area contributed by atoms with Gasteiger partial charge in [0.05, 0.1) is 27.3 Å². The summed E-state index contributed by atoms with van der Waals surface area (Å²) in [5, 5.41) is 2.82. The number of aromatic nitrogens is 1. The summed E-state index contributed by atoms with van der Waals surface area (Å²) >= 11 is 1.11. The summed E-state index contributed by atoms with van der Waals surface area (Å²) in [6.45, 7) is 4.15. The fourth-order valence-electron chi connectivity index (χ4n) is 4.11. The van der Waals surface area contributed by atoms with Crippen LogP contribution in [0.3, 0.4) is 0 Å². The predicted octanol–water partition coefficient (Wildman–Crippen LogP) is 3.99. The van der Waals surface area contributed by atoms with Crippen LogP contribution in [0.5, 0.6) is 5.75 Å². The lowest BCUT2D eigenvalue weighted by Crippen LogP contribution is -2.48. The largest absolute Gasteiger partial charge is 0.476 e. The first-order chi connectivity index (χ1) is 16.8. The summed E-state index contributed by atoms with van der Waals surface area (Å²) in [5.41, 5.74) is 2.57. The van der Waals surface area contributed by atoms with Crippen LogP contribution in [0.4, 0.5) is 11.4 Å². The zero-order valence-corrected chi connectivity index (χ0v) is 20.7. The lowest BCUT2D eigenvalue weighted by molar-refractivity contribution is -0.122. The van der Waals surface area contributed by atoms with Crippen molar-refractivity contribution in [3.05, 3.63) is 82.0 Å². The third kappa shape index (κ3) is 4.19. The van der Waals surface area contributed by atoms with Crippen LogP contribution in [-0.2, 0) is 21.4 Å². The van der Waals surface area contributed by atoms with Crippen LogP contribution in [-0.4, -0.2) is 31.5 Å². The molecule has 0 aliphatic carbocycles. The molecule has 4 aromatic rings. The number of carbonyl (C=O) groups is 1. The van der Waals surface area contributed by atoms with E-state index in [0.29, 0.717) is 23.7 Å². The lowest BCUT2D eigenvalue weighted by Gasteiger charge is -2.35. The van der Waals surface area contributed by atoms with E-state index in [9.17, 15) is 18.0 Å². The molecule has 1 N–H and O–H groups in total. The zero-order chi connectivity index (χ0) is 24.7. The van der Waals surface area contributed by atoms with Crippen LogP contribution < -0.4 is 19.2 Å². The monoisotopic (exact) mass is 509 g/mol. The maximum atomic E-state index is 13.5. The third-order valence-corrected chi connectivity index (χ3v) is 8.60. The smallest absolute Gasteiger partial charge is 0.308 e. The number of ether oxygens (including phenoxy) is 1. The van der Waals surface area contributed by atoms with E-state index in [1.807, 2.05) is 13.8 Å². The highest BCUT2D eigenvalue weighted by Gasteiger charge is 2.37. The number of hydrogen-bond acceptors (Lipinski definition) is 6. The molecule has 10 heteroatoms. The molecule has 5 rings (SSSR count). The minimum absolute atomic E-state index is 0.0599. The maximum absolute atomic E-state index is 13.5. The number of thiazole rings is 1. The van der Waals surface area contributed by atoms with Crippen LogP contribution in [0.15, 0.2) is 76.4 Å². The van der Waals surface area contributed by atoms with E-state index in [1.54, 1.807) is 59.2 Å². The average Bonchev–Trinajstić information content (AvgIpc) is 3.17. The van der Waals surface area contributed by atoms with Gasteiger partial charge in [-0.25, -0.2) is 8.42 Å². The lowest BCUT2D eigenvalue weighted by atomic mass is 10.1. The van der Waals surface area contributed by atoms with E-state index in [1.165, 1.54) is 16.4 Å². The van der Waals surface area contributed by atoms with Crippen molar-refractivity contribution in [2.24, 2.45) is 0 Å². The summed E-state index contributed by atoms with van der Waals surface area (Å²) in [7, 11) is -3.92. The highest BCUT2D eigenvalue weighted by atomic mass is 32.2. The van der Waals surface area contributed by atoms with Gasteiger partial charge < -0.3 is 10.1 Å². The predicted molar refractivity (Wildman–Crippen MR) is 137 cm³/mol. The van der Waals surface area contributed by atoms with Gasteiger partial charge in [0.1, 0.15) is 5.75 Å². The Morgan fingerprint density at radius 3 is 2.63 bits per heavy atom. The number of carbonyl (C=O) groups excluding carboxylic acids is 1. The molecule has 180 valence electrons. The van der Waals surface area contributed by atoms with Crippen LogP contribution in [0.2, 0.25) is 0 Å². The molecule has 0 radical (unpaired) electrons. The van der Waals surface area contributed by atoms with Gasteiger partial charge in [0.15, 0.2) is 6.10 Å². The van der Waals surface area contributed by atoms with Gasteiger partial charge >= 0.3 is 4.87 Å². The van der Waals surface area contributed by atoms with Crippen molar-refractivity contribution in [3.63, 3.8) is 0 Å². The van der Waals surface area contributed by atoms with Crippen molar-refractivity contribution in [3.8, 4) is 5.75 Å². The second-order valence-corrected chi connectivity index (χ2v) is 11.1. The summed E-state index contributed by atoms with van der Waals surface area (Å²) in [5.74, 6) is -0.156. The molecule has 1 aliphatic heterocycles. The van der Waals surface area contributed by atoms with Crippen LogP contribution in [0.25, 0.3) is 10.2 Å². The van der Waals surface area contributed by atoms with E-state index in [4.69, 9.17) is 4.74 Å². The molecule has 35 heavy (non-hydrogen) atoms. The Morgan fingerprint density at radius 2 is 1.89 bits per heavy atom. The molecular formula is C25H23N3O5S2. The molecule has 0 spiro atoms. The zero-order valence-electron chi connectivity index (χ0n) is 19.1. The molecule has 1 atom stereocenters. The first-order valence-electron chi connectivity index (χ1n) is 11.1. The first-order valence-corrected chi connectivity index (χ1v) is 13.3. The minimum atomic E-state index is -3.92. The number of amides is 1. The van der Waals surface area contributed by atoms with Crippen molar-refractivity contribution < 1.29 is 17.9 Å². The molecule has 0 saturated heterocycles. The third-order valence-electron chi connectivity index (χ3n) is 5.86. The Bertz CT molecular complexity index is 1590. The molecule has 2 heterocycles. The van der Waals surface area contributed by atoms with Crippen LogP contribution >= 0.6 is 11.3 Å². The molecule has 0 unspecified atom stereocenters. The van der Waals surface area contributed by atoms with E-state index in [0.717, 1.165) is 27.1 Å². The van der Waals surface area contributed by atoms with Crippen LogP contribution in [0.1, 0.15) is 12.5 Å². The highest BCUT2D eigenvalue weighted by molar-refractivity contribution is 7.92. The van der Waals surface area contributed by atoms with E-state index < -0.39 is 22.0 Å². The van der Waals surface area contributed by atoms with Crippen molar-refractivity contribution in [1.82, 2.24) is 4.57 Å². The number of rotatable bonds is 5. The number of nitrogens with one attached hydrogen (secondary N) is 1. The molecule has 0 fully saturated rings. The molecular weight excluding hydrogens is 486 g/mol. The quantitative estimate of drug-likeness (QED) is 0.439. The molecule has 1 aliphatic rings. The van der Waals surface area contributed by atoms with Gasteiger partial charge in [0, 0.05) is 12.2 Å². The number of sulfonamides is 1. The minimum Gasteiger partial charge on any atom is -0.476 e. The van der Waals surface area contributed by atoms with Crippen molar-refractivity contribution in [2.75, 3.05) is 16.2 Å². The van der Waals surface area contributed by atoms with Crippen molar-refractivity contribution >= 4 is 48.9 Å². The SMILES string of the molecule is CCn1c(=O)sc2cc(NC(=O)[C@H]3CN(S(=O)(=O)c4ccccc4)c4ccc(C)cc4O3)ccc21. The van der Waals surface area contributed by atoms with E-state index in [2.05, 4.69) is 5.32 Å². The van der Waals surface area contributed by atoms with Gasteiger partial charge in [-0.05, 0) is 61.9 Å². The molecule has 1 amide bonds. The molecule has 0 saturated carbocycles. The standard InChI is InChI=1S/C25H23N3O5S2/c1-3-27-20-12-10-17(14-23(20)34-25(27)30)26-24(29)22-15-28(19-11-9-16(2)13-21(19)33-22)35(31,32)18-7-5-4-6-8-18/h4-14,22H,3,15H2,1-2H3,(H,26,29)/t22-/m1/s1. The Hall–Kier alpha value is -3.63. The van der Waals surface area contributed by atoms with Gasteiger partial charge in [-0.2, -0.15) is 0 Å². The van der Waals surface area contributed by atoms with E-state index in [-0.39, 0.29) is 16.3 Å². The molecule has 1 aromatic heterocycles. The topological polar surface area (TPSA) is 97.7 Å². The average molecular weight is 510 g/mol. The normalized spacial score (nSPS) is 15.5. The van der Waals surface area contributed by atoms with Gasteiger partial charge in [-0.3, -0.25) is 18.5 Å².